The maximum atomic E-state index is 13.7. The van der Waals surface area contributed by atoms with Crippen LogP contribution in [0.4, 0.5) is 0 Å². The minimum atomic E-state index is -4.07. The molecule has 11 heteroatoms. The van der Waals surface area contributed by atoms with Gasteiger partial charge in [0.05, 0.1) is 5.02 Å². The average molecular weight is 594 g/mol. The van der Waals surface area contributed by atoms with Crippen molar-refractivity contribution in [3.05, 3.63) is 63.3 Å². The molecule has 2 heterocycles. The van der Waals surface area contributed by atoms with E-state index in [0.717, 1.165) is 36.2 Å². The van der Waals surface area contributed by atoms with Gasteiger partial charge in [0.25, 0.3) is 0 Å². The van der Waals surface area contributed by atoms with Gasteiger partial charge in [-0.2, -0.15) is 4.31 Å². The number of benzene rings is 2. The van der Waals surface area contributed by atoms with E-state index in [1.807, 2.05) is 45.0 Å². The average Bonchev–Trinajstić information content (AvgIpc) is 3.40. The molecule has 2 aromatic carbocycles. The predicted octanol–water partition coefficient (Wildman–Crippen LogP) is 5.01. The molecule has 2 N–H and O–H groups in total. The molecule has 0 radical (unpaired) electrons. The van der Waals surface area contributed by atoms with Crippen LogP contribution in [0.5, 0.6) is 5.75 Å². The summed E-state index contributed by atoms with van der Waals surface area (Å²) < 4.78 is 34.8. The van der Waals surface area contributed by atoms with Crippen LogP contribution in [0.3, 0.4) is 0 Å². The number of sulfonamides is 1. The van der Waals surface area contributed by atoms with Crippen LogP contribution in [0.25, 0.3) is 10.9 Å². The Bertz CT molecular complexity index is 1470. The highest BCUT2D eigenvalue weighted by Gasteiger charge is 2.40. The quantitative estimate of drug-likeness (QED) is 0.304. The van der Waals surface area contributed by atoms with Crippen LogP contribution in [0.2, 0.25) is 10.0 Å². The molecular weight excluding hydrogens is 559 g/mol. The van der Waals surface area contributed by atoms with E-state index in [4.69, 9.17) is 27.9 Å². The van der Waals surface area contributed by atoms with Gasteiger partial charge in [0.2, 0.25) is 15.9 Å². The molecule has 210 valence electrons. The van der Waals surface area contributed by atoms with Gasteiger partial charge in [-0.15, -0.1) is 0 Å². The smallest absolute Gasteiger partial charge is 0.245 e. The third kappa shape index (κ3) is 6.49. The van der Waals surface area contributed by atoms with E-state index in [-0.39, 0.29) is 34.0 Å². The van der Waals surface area contributed by atoms with Crippen molar-refractivity contribution in [3.63, 3.8) is 0 Å². The Kier molecular flexibility index (Phi) is 9.72. The van der Waals surface area contributed by atoms with Gasteiger partial charge >= 0.3 is 0 Å². The number of carbonyl (C=O) groups is 1. The molecule has 1 amide bonds. The summed E-state index contributed by atoms with van der Waals surface area (Å²) in [6, 6.07) is 9.77. The molecule has 3 aromatic rings. The Hall–Kier alpha value is -2.43. The molecule has 1 saturated heterocycles. The van der Waals surface area contributed by atoms with Crippen molar-refractivity contribution in [2.24, 2.45) is 0 Å². The number of nitrogens with zero attached hydrogens (tertiary/aromatic N) is 2. The van der Waals surface area contributed by atoms with Crippen molar-refractivity contribution in [3.8, 4) is 5.75 Å². The minimum absolute atomic E-state index is 0.0141. The summed E-state index contributed by atoms with van der Waals surface area (Å²) in [5.74, 6) is 0.250. The number of aromatic nitrogens is 1. The Balaban J connectivity index is 1.56. The second-order valence-corrected chi connectivity index (χ2v) is 12.3. The Morgan fingerprint density at radius 2 is 1.97 bits per heavy atom. The van der Waals surface area contributed by atoms with Crippen LogP contribution in [0, 0.1) is 13.8 Å². The Morgan fingerprint density at radius 3 is 2.74 bits per heavy atom. The molecule has 0 unspecified atom stereocenters. The fraction of sp³-hybridized carbons (Fsp3) is 0.429. The van der Waals surface area contributed by atoms with Crippen LogP contribution >= 0.6 is 23.2 Å². The van der Waals surface area contributed by atoms with E-state index in [1.54, 1.807) is 0 Å². The SMILES string of the molecule is CCNCCCNC(=O)[C@@H]1CCCN1S(=O)(=O)c1ccc(Cl)c(COc2cccc3c(C)cc(C)nc23)c1Cl. The summed E-state index contributed by atoms with van der Waals surface area (Å²) >= 11 is 13.1. The van der Waals surface area contributed by atoms with Gasteiger partial charge in [-0.3, -0.25) is 4.79 Å². The number of pyridine rings is 1. The van der Waals surface area contributed by atoms with E-state index >= 15 is 0 Å². The lowest BCUT2D eigenvalue weighted by Crippen LogP contribution is -2.46. The number of amides is 1. The predicted molar refractivity (Wildman–Crippen MR) is 155 cm³/mol. The van der Waals surface area contributed by atoms with E-state index in [9.17, 15) is 13.2 Å². The van der Waals surface area contributed by atoms with Crippen LogP contribution in [0.1, 0.15) is 43.0 Å². The number of aryl methyl sites for hydroxylation is 2. The maximum absolute atomic E-state index is 13.7. The highest BCUT2D eigenvalue weighted by molar-refractivity contribution is 7.89. The number of ether oxygens (including phenoxy) is 1. The molecule has 8 nitrogen and oxygen atoms in total. The fourth-order valence-electron chi connectivity index (χ4n) is 4.87. The number of fused-ring (bicyclic) bond motifs is 1. The Morgan fingerprint density at radius 1 is 1.18 bits per heavy atom. The standard InChI is InChI=1S/C28H34Cl2N4O4S/c1-4-31-13-7-14-32-28(35)23-9-6-15-34(23)39(36,37)25-12-11-22(29)21(26(25)30)17-38-24-10-5-8-20-18(2)16-19(3)33-27(20)24/h5,8,10-12,16,23,31H,4,6-7,9,13-15,17H2,1-3H3,(H,32,35)/t23-/m0/s1. The van der Waals surface area contributed by atoms with Gasteiger partial charge in [-0.05, 0) is 76.0 Å². The Labute approximate surface area is 240 Å². The first kappa shape index (κ1) is 29.6. The van der Waals surface area contributed by atoms with Crippen molar-refractivity contribution in [1.82, 2.24) is 19.9 Å². The van der Waals surface area contributed by atoms with E-state index in [2.05, 4.69) is 15.6 Å². The highest BCUT2D eigenvalue weighted by Crippen LogP contribution is 2.36. The lowest BCUT2D eigenvalue weighted by Gasteiger charge is -2.24. The second kappa shape index (κ2) is 12.8. The molecule has 1 aromatic heterocycles. The molecule has 0 aliphatic carbocycles. The summed E-state index contributed by atoms with van der Waals surface area (Å²) in [6.07, 6.45) is 1.80. The largest absolute Gasteiger partial charge is 0.487 e. The monoisotopic (exact) mass is 592 g/mol. The van der Waals surface area contributed by atoms with Crippen molar-refractivity contribution in [2.75, 3.05) is 26.2 Å². The summed E-state index contributed by atoms with van der Waals surface area (Å²) in [4.78, 5) is 17.4. The number of para-hydroxylation sites is 1. The number of rotatable bonds is 11. The number of hydrogen-bond donors (Lipinski definition) is 2. The second-order valence-electron chi connectivity index (χ2n) is 9.63. The van der Waals surface area contributed by atoms with Gasteiger partial charge in [0.1, 0.15) is 28.8 Å². The van der Waals surface area contributed by atoms with E-state index < -0.39 is 16.1 Å². The zero-order valence-electron chi connectivity index (χ0n) is 22.4. The van der Waals surface area contributed by atoms with Crippen LogP contribution in [-0.2, 0) is 21.4 Å². The summed E-state index contributed by atoms with van der Waals surface area (Å²) in [5.41, 5.74) is 3.00. The van der Waals surface area contributed by atoms with Gasteiger partial charge in [0.15, 0.2) is 0 Å². The molecule has 4 rings (SSSR count). The number of nitrogens with one attached hydrogen (secondary N) is 2. The van der Waals surface area contributed by atoms with Gasteiger partial charge in [-0.1, -0.05) is 42.3 Å². The molecule has 1 aliphatic heterocycles. The maximum Gasteiger partial charge on any atom is 0.245 e. The highest BCUT2D eigenvalue weighted by atomic mass is 35.5. The fourth-order valence-corrected chi connectivity index (χ4v) is 7.39. The van der Waals surface area contributed by atoms with E-state index in [0.29, 0.717) is 36.2 Å². The molecular formula is C28H34Cl2N4O4S. The number of hydrogen-bond acceptors (Lipinski definition) is 6. The molecule has 1 atom stereocenters. The topological polar surface area (TPSA) is 101 Å². The van der Waals surface area contributed by atoms with Crippen molar-refractivity contribution in [1.29, 1.82) is 0 Å². The molecule has 1 aliphatic rings. The normalized spacial score (nSPS) is 16.1. The molecule has 0 saturated carbocycles. The van der Waals surface area contributed by atoms with Crippen LogP contribution in [0.15, 0.2) is 41.3 Å². The van der Waals surface area contributed by atoms with Crippen molar-refractivity contribution < 1.29 is 17.9 Å². The van der Waals surface area contributed by atoms with Crippen molar-refractivity contribution >= 4 is 50.0 Å². The van der Waals surface area contributed by atoms with Gasteiger partial charge in [0, 0.05) is 34.8 Å². The molecule has 1 fully saturated rings. The van der Waals surface area contributed by atoms with Crippen LogP contribution < -0.4 is 15.4 Å². The molecule has 0 spiro atoms. The first-order chi connectivity index (χ1) is 18.6. The minimum Gasteiger partial charge on any atom is -0.487 e. The van der Waals surface area contributed by atoms with Crippen LogP contribution in [-0.4, -0.2) is 55.8 Å². The zero-order chi connectivity index (χ0) is 28.2. The molecule has 39 heavy (non-hydrogen) atoms. The van der Waals surface area contributed by atoms with Gasteiger partial charge < -0.3 is 15.4 Å². The van der Waals surface area contributed by atoms with E-state index in [1.165, 1.54) is 16.4 Å². The number of carbonyl (C=O) groups excluding carboxylic acids is 1. The lowest BCUT2D eigenvalue weighted by molar-refractivity contribution is -0.124. The first-order valence-electron chi connectivity index (χ1n) is 13.1. The third-order valence-corrected chi connectivity index (χ3v) is 9.68. The number of halogens is 2. The summed E-state index contributed by atoms with van der Waals surface area (Å²) in [7, 11) is -4.07. The summed E-state index contributed by atoms with van der Waals surface area (Å²) in [5, 5.41) is 7.31. The van der Waals surface area contributed by atoms with Crippen molar-refractivity contribution in [2.45, 2.75) is 57.6 Å². The summed E-state index contributed by atoms with van der Waals surface area (Å²) in [6.45, 7) is 8.24. The molecule has 0 bridgehead atoms. The lowest BCUT2D eigenvalue weighted by atomic mass is 10.1. The third-order valence-electron chi connectivity index (χ3n) is 6.83. The van der Waals surface area contributed by atoms with Gasteiger partial charge in [-0.25, -0.2) is 13.4 Å². The zero-order valence-corrected chi connectivity index (χ0v) is 24.7. The first-order valence-corrected chi connectivity index (χ1v) is 15.3.